The summed E-state index contributed by atoms with van der Waals surface area (Å²) >= 11 is 0. The Balaban J connectivity index is 1.44. The highest BCUT2D eigenvalue weighted by atomic mass is 16.5. The molecular formula is C23H41N7O3. The number of nitrogens with two attached hydrogens (primary N) is 1. The number of nitrogens with zero attached hydrogens (tertiary/aromatic N) is 3. The lowest BCUT2D eigenvalue weighted by Gasteiger charge is -2.28. The van der Waals surface area contributed by atoms with Crippen LogP contribution < -0.4 is 21.9 Å². The minimum absolute atomic E-state index is 0.147. The van der Waals surface area contributed by atoms with Gasteiger partial charge in [0.15, 0.2) is 0 Å². The van der Waals surface area contributed by atoms with Crippen molar-refractivity contribution >= 4 is 12.1 Å². The van der Waals surface area contributed by atoms with E-state index in [2.05, 4.69) is 25.9 Å². The van der Waals surface area contributed by atoms with Crippen molar-refractivity contribution in [1.82, 2.24) is 30.8 Å². The van der Waals surface area contributed by atoms with Crippen molar-refractivity contribution in [2.24, 2.45) is 5.84 Å². The van der Waals surface area contributed by atoms with E-state index in [-0.39, 0.29) is 12.1 Å². The van der Waals surface area contributed by atoms with Gasteiger partial charge in [-0.05, 0) is 30.9 Å². The molecular weight excluding hydrogens is 422 g/mol. The molecule has 10 nitrogen and oxygen atoms in total. The predicted molar refractivity (Wildman–Crippen MR) is 128 cm³/mol. The summed E-state index contributed by atoms with van der Waals surface area (Å²) in [6.45, 7) is 7.10. The fraction of sp³-hybridized carbons (Fsp3) is 0.696. The van der Waals surface area contributed by atoms with E-state index < -0.39 is 0 Å². The average molecular weight is 464 g/mol. The quantitative estimate of drug-likeness (QED) is 0.136. The summed E-state index contributed by atoms with van der Waals surface area (Å²) in [5, 5.41) is 5.72. The lowest BCUT2D eigenvalue weighted by molar-refractivity contribution is 0.0365. The van der Waals surface area contributed by atoms with Crippen LogP contribution in [0.25, 0.3) is 0 Å². The van der Waals surface area contributed by atoms with Crippen molar-refractivity contribution in [1.29, 1.82) is 0 Å². The van der Waals surface area contributed by atoms with Gasteiger partial charge in [0.05, 0.1) is 13.2 Å². The molecule has 0 unspecified atom stereocenters. The molecule has 0 aromatic carbocycles. The second-order valence-corrected chi connectivity index (χ2v) is 8.34. The molecule has 1 aromatic heterocycles. The smallest absolute Gasteiger partial charge is 0.331 e. The molecule has 0 bridgehead atoms. The molecule has 2 rings (SSSR count). The van der Waals surface area contributed by atoms with E-state index in [9.17, 15) is 9.59 Å². The van der Waals surface area contributed by atoms with Gasteiger partial charge in [0.2, 0.25) is 0 Å². The standard InChI is InChI=1S/C23H41N7O3/c24-28-23(32)30(14-8-12-29-15-17-33-18-16-29)13-6-4-2-1-3-5-11-26-22(31)27-20-21-9-7-10-25-19-21/h7,9-10,19H,1-6,8,11-18,20,24H2,(H,28,32)(H2,26,27,31). The van der Waals surface area contributed by atoms with Crippen LogP contribution in [-0.2, 0) is 11.3 Å². The molecule has 2 heterocycles. The molecule has 4 amide bonds. The molecule has 1 aromatic rings. The number of amides is 4. The number of pyridine rings is 1. The maximum absolute atomic E-state index is 12.0. The van der Waals surface area contributed by atoms with Gasteiger partial charge in [-0.1, -0.05) is 31.7 Å². The molecule has 1 aliphatic heterocycles. The van der Waals surface area contributed by atoms with E-state index in [0.29, 0.717) is 13.1 Å². The van der Waals surface area contributed by atoms with Crippen molar-refractivity contribution in [2.45, 2.75) is 51.5 Å². The van der Waals surface area contributed by atoms with Crippen molar-refractivity contribution in [3.05, 3.63) is 30.1 Å². The number of nitrogens with one attached hydrogen (secondary N) is 3. The molecule has 1 aliphatic rings. The summed E-state index contributed by atoms with van der Waals surface area (Å²) in [4.78, 5) is 32.0. The van der Waals surface area contributed by atoms with Gasteiger partial charge in [0, 0.05) is 58.2 Å². The van der Waals surface area contributed by atoms with E-state index in [1.807, 2.05) is 17.0 Å². The summed E-state index contributed by atoms with van der Waals surface area (Å²) in [6, 6.07) is 3.43. The lowest BCUT2D eigenvalue weighted by Crippen LogP contribution is -2.45. The number of morpholine rings is 1. The largest absolute Gasteiger partial charge is 0.379 e. The number of ether oxygens (including phenoxy) is 1. The van der Waals surface area contributed by atoms with Crippen molar-refractivity contribution in [2.75, 3.05) is 52.5 Å². The van der Waals surface area contributed by atoms with Crippen LogP contribution in [0.5, 0.6) is 0 Å². The molecule has 0 aliphatic carbocycles. The van der Waals surface area contributed by atoms with Gasteiger partial charge in [-0.25, -0.2) is 15.4 Å². The maximum atomic E-state index is 12.0. The molecule has 0 radical (unpaired) electrons. The monoisotopic (exact) mass is 463 g/mol. The number of urea groups is 2. The Morgan fingerprint density at radius 2 is 1.76 bits per heavy atom. The summed E-state index contributed by atoms with van der Waals surface area (Å²) in [5.41, 5.74) is 3.25. The van der Waals surface area contributed by atoms with Crippen LogP contribution in [0.4, 0.5) is 9.59 Å². The number of carbonyl (C=O) groups excluding carboxylic acids is 2. The predicted octanol–water partition coefficient (Wildman–Crippen LogP) is 1.83. The average Bonchev–Trinajstić information content (AvgIpc) is 2.86. The van der Waals surface area contributed by atoms with Crippen LogP contribution in [0.2, 0.25) is 0 Å². The summed E-state index contributed by atoms with van der Waals surface area (Å²) in [6.07, 6.45) is 10.7. The van der Waals surface area contributed by atoms with Crippen LogP contribution >= 0.6 is 0 Å². The van der Waals surface area contributed by atoms with E-state index in [4.69, 9.17) is 10.6 Å². The maximum Gasteiger partial charge on any atom is 0.331 e. The van der Waals surface area contributed by atoms with E-state index in [0.717, 1.165) is 96.4 Å². The summed E-state index contributed by atoms with van der Waals surface area (Å²) in [7, 11) is 0. The van der Waals surface area contributed by atoms with Crippen LogP contribution in [0.1, 0.15) is 50.5 Å². The van der Waals surface area contributed by atoms with Crippen LogP contribution in [0.3, 0.4) is 0 Å². The number of hydrazine groups is 1. The lowest BCUT2D eigenvalue weighted by atomic mass is 10.1. The zero-order chi connectivity index (χ0) is 23.6. The van der Waals surface area contributed by atoms with Crippen molar-refractivity contribution in [3.8, 4) is 0 Å². The molecule has 0 atom stereocenters. The van der Waals surface area contributed by atoms with Gasteiger partial charge in [-0.2, -0.15) is 0 Å². The number of hydrogen-bond acceptors (Lipinski definition) is 6. The first-order valence-electron chi connectivity index (χ1n) is 12.2. The molecule has 186 valence electrons. The molecule has 1 fully saturated rings. The number of carbonyl (C=O) groups is 2. The zero-order valence-electron chi connectivity index (χ0n) is 19.8. The third kappa shape index (κ3) is 12.4. The molecule has 0 saturated carbocycles. The second kappa shape index (κ2) is 17.1. The van der Waals surface area contributed by atoms with Crippen LogP contribution in [0, 0.1) is 0 Å². The second-order valence-electron chi connectivity index (χ2n) is 8.34. The van der Waals surface area contributed by atoms with Crippen LogP contribution in [0.15, 0.2) is 24.5 Å². The highest BCUT2D eigenvalue weighted by Gasteiger charge is 2.14. The first-order valence-corrected chi connectivity index (χ1v) is 12.2. The molecule has 5 N–H and O–H groups in total. The fourth-order valence-electron chi connectivity index (χ4n) is 3.80. The highest BCUT2D eigenvalue weighted by molar-refractivity contribution is 5.73. The zero-order valence-corrected chi connectivity index (χ0v) is 19.8. The van der Waals surface area contributed by atoms with E-state index in [1.54, 1.807) is 12.4 Å². The van der Waals surface area contributed by atoms with Gasteiger partial charge in [0.25, 0.3) is 0 Å². The van der Waals surface area contributed by atoms with Crippen molar-refractivity contribution in [3.63, 3.8) is 0 Å². The van der Waals surface area contributed by atoms with Crippen molar-refractivity contribution < 1.29 is 14.3 Å². The number of unbranched alkanes of at least 4 members (excludes halogenated alkanes) is 5. The van der Waals surface area contributed by atoms with Gasteiger partial charge < -0.3 is 20.3 Å². The minimum Gasteiger partial charge on any atom is -0.379 e. The Labute approximate surface area is 197 Å². The summed E-state index contributed by atoms with van der Waals surface area (Å²) in [5.74, 6) is 5.35. The first kappa shape index (κ1) is 26.8. The minimum atomic E-state index is -0.204. The third-order valence-corrected chi connectivity index (χ3v) is 5.73. The Hall–Kier alpha value is -2.43. The Bertz CT molecular complexity index is 657. The van der Waals surface area contributed by atoms with E-state index >= 15 is 0 Å². The van der Waals surface area contributed by atoms with Gasteiger partial charge in [-0.3, -0.25) is 15.3 Å². The third-order valence-electron chi connectivity index (χ3n) is 5.73. The molecule has 1 saturated heterocycles. The number of aromatic nitrogens is 1. The van der Waals surface area contributed by atoms with Gasteiger partial charge >= 0.3 is 12.1 Å². The normalized spacial score (nSPS) is 14.0. The van der Waals surface area contributed by atoms with Gasteiger partial charge in [0.1, 0.15) is 0 Å². The Kier molecular flexibility index (Phi) is 13.9. The highest BCUT2D eigenvalue weighted by Crippen LogP contribution is 2.07. The topological polar surface area (TPSA) is 125 Å². The molecule has 0 spiro atoms. The fourth-order valence-corrected chi connectivity index (χ4v) is 3.80. The van der Waals surface area contributed by atoms with Crippen LogP contribution in [-0.4, -0.2) is 79.3 Å². The Morgan fingerprint density at radius 1 is 1.03 bits per heavy atom. The van der Waals surface area contributed by atoms with E-state index in [1.165, 1.54) is 0 Å². The summed E-state index contributed by atoms with van der Waals surface area (Å²) < 4.78 is 5.37. The number of rotatable bonds is 15. The Morgan fingerprint density at radius 3 is 2.48 bits per heavy atom. The van der Waals surface area contributed by atoms with Gasteiger partial charge in [-0.15, -0.1) is 0 Å². The number of hydrogen-bond donors (Lipinski definition) is 4. The SMILES string of the molecule is NNC(=O)N(CCCCCCCCNC(=O)NCc1cccnc1)CCCN1CCOCC1. The first-order chi connectivity index (χ1) is 16.2. The molecule has 33 heavy (non-hydrogen) atoms. The molecule has 10 heteroatoms.